The first kappa shape index (κ1) is 15.0. The highest BCUT2D eigenvalue weighted by molar-refractivity contribution is 7.11. The molecule has 1 aliphatic rings. The third-order valence-electron chi connectivity index (χ3n) is 3.94. The van der Waals surface area contributed by atoms with E-state index in [-0.39, 0.29) is 0 Å². The second-order valence-electron chi connectivity index (χ2n) is 5.61. The fourth-order valence-corrected chi connectivity index (χ4v) is 3.47. The molecule has 3 heterocycles. The summed E-state index contributed by atoms with van der Waals surface area (Å²) in [6.07, 6.45) is 3.19. The number of hydrogen-bond donors (Lipinski definition) is 1. The second-order valence-corrected chi connectivity index (χ2v) is 6.88. The van der Waals surface area contributed by atoms with Crippen LogP contribution >= 0.6 is 11.3 Å². The number of benzene rings is 1. The van der Waals surface area contributed by atoms with E-state index in [1.807, 2.05) is 25.1 Å². The van der Waals surface area contributed by atoms with E-state index in [1.54, 1.807) is 17.7 Å². The SMILES string of the molecule is Cc1nnc(CCNc2ncnc3c2Cc2ccccc2OC3)s1. The minimum absolute atomic E-state index is 0.471. The Morgan fingerprint density at radius 3 is 3.00 bits per heavy atom. The highest BCUT2D eigenvalue weighted by Gasteiger charge is 2.18. The Morgan fingerprint density at radius 2 is 2.12 bits per heavy atom. The van der Waals surface area contributed by atoms with Gasteiger partial charge in [0.2, 0.25) is 0 Å². The first-order chi connectivity index (χ1) is 11.8. The summed E-state index contributed by atoms with van der Waals surface area (Å²) in [5, 5.41) is 13.7. The molecule has 24 heavy (non-hydrogen) atoms. The Balaban J connectivity index is 1.53. The quantitative estimate of drug-likeness (QED) is 0.788. The molecule has 0 aliphatic carbocycles. The zero-order valence-electron chi connectivity index (χ0n) is 13.3. The summed E-state index contributed by atoms with van der Waals surface area (Å²) in [7, 11) is 0. The van der Waals surface area contributed by atoms with Crippen molar-refractivity contribution < 1.29 is 4.74 Å². The lowest BCUT2D eigenvalue weighted by molar-refractivity contribution is 0.302. The number of para-hydroxylation sites is 1. The van der Waals surface area contributed by atoms with Gasteiger partial charge in [0, 0.05) is 24.9 Å². The molecule has 1 aromatic carbocycles. The van der Waals surface area contributed by atoms with Gasteiger partial charge in [-0.15, -0.1) is 21.5 Å². The van der Waals surface area contributed by atoms with Crippen molar-refractivity contribution in [1.82, 2.24) is 20.2 Å². The van der Waals surface area contributed by atoms with Gasteiger partial charge in [-0.1, -0.05) is 18.2 Å². The zero-order chi connectivity index (χ0) is 16.4. The minimum Gasteiger partial charge on any atom is -0.487 e. The molecule has 1 aliphatic heterocycles. The summed E-state index contributed by atoms with van der Waals surface area (Å²) < 4.78 is 5.87. The summed E-state index contributed by atoms with van der Waals surface area (Å²) >= 11 is 1.63. The molecule has 0 spiro atoms. The van der Waals surface area contributed by atoms with Crippen molar-refractivity contribution in [2.75, 3.05) is 11.9 Å². The van der Waals surface area contributed by atoms with Crippen LogP contribution in [-0.2, 0) is 19.4 Å². The molecule has 4 rings (SSSR count). The van der Waals surface area contributed by atoms with Crippen molar-refractivity contribution in [3.8, 4) is 5.75 Å². The number of hydrogen-bond acceptors (Lipinski definition) is 7. The number of anilines is 1. The van der Waals surface area contributed by atoms with E-state index in [0.29, 0.717) is 6.61 Å². The monoisotopic (exact) mass is 339 g/mol. The molecule has 0 fully saturated rings. The van der Waals surface area contributed by atoms with Crippen LogP contribution in [0.25, 0.3) is 0 Å². The topological polar surface area (TPSA) is 72.8 Å². The van der Waals surface area contributed by atoms with Gasteiger partial charge in [-0.05, 0) is 18.6 Å². The molecule has 0 unspecified atom stereocenters. The Bertz CT molecular complexity index is 864. The Labute approximate surface area is 144 Å². The van der Waals surface area contributed by atoms with Crippen molar-refractivity contribution in [3.05, 3.63) is 57.4 Å². The van der Waals surface area contributed by atoms with Crippen LogP contribution in [0.15, 0.2) is 30.6 Å². The first-order valence-electron chi connectivity index (χ1n) is 7.86. The standard InChI is InChI=1S/C17H17N5OS/c1-11-21-22-16(24-11)6-7-18-17-13-8-12-4-2-3-5-15(12)23-9-14(13)19-10-20-17/h2-5,10H,6-9H2,1H3,(H,18,19,20). The van der Waals surface area contributed by atoms with Gasteiger partial charge in [-0.3, -0.25) is 0 Å². The molecule has 7 heteroatoms. The van der Waals surface area contributed by atoms with Gasteiger partial charge in [0.05, 0.1) is 5.69 Å². The Morgan fingerprint density at radius 1 is 1.21 bits per heavy atom. The van der Waals surface area contributed by atoms with Crippen LogP contribution in [0.5, 0.6) is 5.75 Å². The number of fused-ring (bicyclic) bond motifs is 2. The van der Waals surface area contributed by atoms with E-state index in [4.69, 9.17) is 4.74 Å². The smallest absolute Gasteiger partial charge is 0.133 e. The van der Waals surface area contributed by atoms with Crippen LogP contribution in [0.4, 0.5) is 5.82 Å². The fourth-order valence-electron chi connectivity index (χ4n) is 2.76. The van der Waals surface area contributed by atoms with E-state index >= 15 is 0 Å². The molecule has 0 saturated carbocycles. The first-order valence-corrected chi connectivity index (χ1v) is 8.67. The lowest BCUT2D eigenvalue weighted by Crippen LogP contribution is -2.11. The number of aromatic nitrogens is 4. The van der Waals surface area contributed by atoms with Gasteiger partial charge in [0.1, 0.15) is 34.5 Å². The lowest BCUT2D eigenvalue weighted by Gasteiger charge is -2.11. The molecule has 0 bridgehead atoms. The predicted molar refractivity (Wildman–Crippen MR) is 92.5 cm³/mol. The maximum Gasteiger partial charge on any atom is 0.133 e. The molecule has 0 saturated heterocycles. The summed E-state index contributed by atoms with van der Waals surface area (Å²) in [6, 6.07) is 8.11. The zero-order valence-corrected chi connectivity index (χ0v) is 14.1. The molecule has 0 radical (unpaired) electrons. The van der Waals surface area contributed by atoms with Crippen molar-refractivity contribution >= 4 is 17.2 Å². The Kier molecular flexibility index (Phi) is 4.08. The van der Waals surface area contributed by atoms with E-state index < -0.39 is 0 Å². The average Bonchev–Trinajstić information content (AvgIpc) is 2.91. The maximum absolute atomic E-state index is 5.87. The van der Waals surface area contributed by atoms with Crippen LogP contribution in [0.1, 0.15) is 26.8 Å². The number of nitrogens with zero attached hydrogens (tertiary/aromatic N) is 4. The summed E-state index contributed by atoms with van der Waals surface area (Å²) in [4.78, 5) is 8.83. The molecule has 6 nitrogen and oxygen atoms in total. The van der Waals surface area contributed by atoms with E-state index in [9.17, 15) is 0 Å². The van der Waals surface area contributed by atoms with Gasteiger partial charge in [0.25, 0.3) is 0 Å². The number of rotatable bonds is 4. The minimum atomic E-state index is 0.471. The second kappa shape index (κ2) is 6.52. The molecule has 2 aromatic heterocycles. The normalized spacial score (nSPS) is 12.7. The molecule has 0 atom stereocenters. The van der Waals surface area contributed by atoms with Crippen molar-refractivity contribution in [2.24, 2.45) is 0 Å². The van der Waals surface area contributed by atoms with Gasteiger partial charge >= 0.3 is 0 Å². The van der Waals surface area contributed by atoms with E-state index in [1.165, 1.54) is 0 Å². The number of nitrogens with one attached hydrogen (secondary N) is 1. The van der Waals surface area contributed by atoms with Gasteiger partial charge in [0.15, 0.2) is 0 Å². The van der Waals surface area contributed by atoms with Crippen LogP contribution in [0, 0.1) is 6.92 Å². The van der Waals surface area contributed by atoms with Crippen molar-refractivity contribution in [3.63, 3.8) is 0 Å². The third-order valence-corrected chi connectivity index (χ3v) is 4.84. The lowest BCUT2D eigenvalue weighted by atomic mass is 10.0. The van der Waals surface area contributed by atoms with Crippen molar-refractivity contribution in [1.29, 1.82) is 0 Å². The Hall–Kier alpha value is -2.54. The molecule has 0 amide bonds. The van der Waals surface area contributed by atoms with Crippen LogP contribution in [-0.4, -0.2) is 26.7 Å². The van der Waals surface area contributed by atoms with Crippen molar-refractivity contribution in [2.45, 2.75) is 26.4 Å². The summed E-state index contributed by atoms with van der Waals surface area (Å²) in [5.41, 5.74) is 3.21. The van der Waals surface area contributed by atoms with E-state index in [2.05, 4.69) is 31.5 Å². The highest BCUT2D eigenvalue weighted by atomic mass is 32.1. The molecule has 122 valence electrons. The van der Waals surface area contributed by atoms with Gasteiger partial charge in [-0.2, -0.15) is 0 Å². The average molecular weight is 339 g/mol. The van der Waals surface area contributed by atoms with Gasteiger partial charge in [-0.25, -0.2) is 9.97 Å². The molecule has 1 N–H and O–H groups in total. The van der Waals surface area contributed by atoms with Crippen LogP contribution in [0.3, 0.4) is 0 Å². The van der Waals surface area contributed by atoms with Gasteiger partial charge < -0.3 is 10.1 Å². The highest BCUT2D eigenvalue weighted by Crippen LogP contribution is 2.30. The maximum atomic E-state index is 5.87. The van der Waals surface area contributed by atoms with Crippen LogP contribution in [0.2, 0.25) is 0 Å². The number of ether oxygens (including phenoxy) is 1. The van der Waals surface area contributed by atoms with Crippen LogP contribution < -0.4 is 10.1 Å². The number of aryl methyl sites for hydroxylation is 1. The summed E-state index contributed by atoms with van der Waals surface area (Å²) in [6.45, 7) is 3.20. The molecular formula is C17H17N5OS. The summed E-state index contributed by atoms with van der Waals surface area (Å²) in [5.74, 6) is 1.80. The third kappa shape index (κ3) is 3.07. The van der Waals surface area contributed by atoms with E-state index in [0.717, 1.165) is 57.8 Å². The fraction of sp³-hybridized carbons (Fsp3) is 0.294. The predicted octanol–water partition coefficient (Wildman–Crippen LogP) is 2.77. The molecular weight excluding hydrogens is 322 g/mol. The largest absolute Gasteiger partial charge is 0.487 e. The molecule has 3 aromatic rings.